The van der Waals surface area contributed by atoms with E-state index < -0.39 is 0 Å². The van der Waals surface area contributed by atoms with E-state index in [2.05, 4.69) is 21.5 Å². The summed E-state index contributed by atoms with van der Waals surface area (Å²) in [5.41, 5.74) is 3.89. The van der Waals surface area contributed by atoms with Crippen LogP contribution in [-0.4, -0.2) is 25.6 Å². The normalized spacial score (nSPS) is 20.5. The van der Waals surface area contributed by atoms with Crippen molar-refractivity contribution in [2.24, 2.45) is 5.92 Å². The molecule has 0 spiro atoms. The lowest BCUT2D eigenvalue weighted by Gasteiger charge is -2.35. The average Bonchev–Trinajstić information content (AvgIpc) is 3.19. The Hall–Kier alpha value is -3.42. The van der Waals surface area contributed by atoms with Crippen LogP contribution in [0.3, 0.4) is 0 Å². The van der Waals surface area contributed by atoms with E-state index in [1.807, 2.05) is 10.6 Å². The smallest absolute Gasteiger partial charge is 0.346 e. The molecule has 3 aromatic heterocycles. The van der Waals surface area contributed by atoms with Gasteiger partial charge in [-0.25, -0.2) is 14.8 Å². The highest BCUT2D eigenvalue weighted by atomic mass is 16.5. The third-order valence-electron chi connectivity index (χ3n) is 5.77. The molecule has 148 valence electrons. The summed E-state index contributed by atoms with van der Waals surface area (Å²) in [6, 6.07) is 1.78. The molecule has 5 rings (SSSR count). The van der Waals surface area contributed by atoms with Gasteiger partial charge in [0.1, 0.15) is 28.7 Å². The molecular formula is C21H21N5O3. The maximum atomic E-state index is 12.1. The SMILES string of the molecule is C=C(Cn1cnc(=N)c2[nH]cnc21)[C@H]1CCC2=Cc3c(cc(C)oc3=O)O[C@H]2C1. The van der Waals surface area contributed by atoms with Crippen LogP contribution < -0.4 is 15.9 Å². The van der Waals surface area contributed by atoms with E-state index in [1.54, 1.807) is 25.6 Å². The van der Waals surface area contributed by atoms with Gasteiger partial charge in [-0.1, -0.05) is 12.2 Å². The first-order valence-corrected chi connectivity index (χ1v) is 9.62. The molecule has 29 heavy (non-hydrogen) atoms. The Balaban J connectivity index is 1.36. The molecule has 8 heteroatoms. The highest BCUT2D eigenvalue weighted by Crippen LogP contribution is 2.40. The standard InChI is InChI=1S/C21H21N5O3/c1-11(8-26-10-25-19(22)18-20(26)24-9-23-18)13-3-4-14-6-15-17(29-16(14)7-13)5-12(2)28-21(15)27/h5-6,9-10,13,16,22H,1,3-4,7-8H2,2H3,(H,23,24)/t13-,16-/m0/s1. The summed E-state index contributed by atoms with van der Waals surface area (Å²) >= 11 is 0. The van der Waals surface area contributed by atoms with Crippen molar-refractivity contribution in [3.63, 3.8) is 0 Å². The zero-order valence-electron chi connectivity index (χ0n) is 16.1. The van der Waals surface area contributed by atoms with Crippen molar-refractivity contribution in [2.45, 2.75) is 38.8 Å². The zero-order valence-corrected chi connectivity index (χ0v) is 16.1. The summed E-state index contributed by atoms with van der Waals surface area (Å²) < 4.78 is 13.3. The van der Waals surface area contributed by atoms with E-state index in [-0.39, 0.29) is 23.1 Å². The van der Waals surface area contributed by atoms with Crippen LogP contribution in [0.2, 0.25) is 0 Å². The van der Waals surface area contributed by atoms with Gasteiger partial charge < -0.3 is 18.7 Å². The molecule has 0 aromatic carbocycles. The summed E-state index contributed by atoms with van der Waals surface area (Å²) in [6.07, 6.45) is 7.72. The van der Waals surface area contributed by atoms with Crippen molar-refractivity contribution in [3.05, 3.63) is 63.7 Å². The molecule has 0 amide bonds. The van der Waals surface area contributed by atoms with Gasteiger partial charge in [0, 0.05) is 12.6 Å². The quantitative estimate of drug-likeness (QED) is 0.667. The molecule has 1 aliphatic carbocycles. The third kappa shape index (κ3) is 3.00. The van der Waals surface area contributed by atoms with E-state index in [1.165, 1.54) is 0 Å². The second kappa shape index (κ2) is 6.58. The molecular weight excluding hydrogens is 370 g/mol. The fraction of sp³-hybridized carbons (Fsp3) is 0.333. The Morgan fingerprint density at radius 2 is 2.31 bits per heavy atom. The van der Waals surface area contributed by atoms with Crippen molar-refractivity contribution in [2.75, 3.05) is 0 Å². The third-order valence-corrected chi connectivity index (χ3v) is 5.77. The van der Waals surface area contributed by atoms with Crippen LogP contribution in [0.15, 0.2) is 45.7 Å². The molecule has 0 saturated heterocycles. The highest BCUT2D eigenvalue weighted by Gasteiger charge is 2.33. The van der Waals surface area contributed by atoms with Gasteiger partial charge in [0.25, 0.3) is 0 Å². The first-order valence-electron chi connectivity index (χ1n) is 9.62. The molecule has 1 fully saturated rings. The molecule has 2 aliphatic rings. The molecule has 0 radical (unpaired) electrons. The number of rotatable bonds is 3. The number of nitrogens with one attached hydrogen (secondary N) is 2. The van der Waals surface area contributed by atoms with Crippen LogP contribution in [0.5, 0.6) is 5.75 Å². The number of allylic oxidation sites excluding steroid dienone is 1. The number of nitrogens with zero attached hydrogens (tertiary/aromatic N) is 3. The van der Waals surface area contributed by atoms with E-state index in [0.717, 1.165) is 30.4 Å². The van der Waals surface area contributed by atoms with Gasteiger partial charge in [0.15, 0.2) is 11.1 Å². The number of aromatic nitrogens is 4. The number of aromatic amines is 1. The molecule has 0 bridgehead atoms. The number of hydrogen-bond donors (Lipinski definition) is 2. The van der Waals surface area contributed by atoms with Crippen molar-refractivity contribution in [1.82, 2.24) is 19.5 Å². The van der Waals surface area contributed by atoms with E-state index >= 15 is 0 Å². The largest absolute Gasteiger partial charge is 0.485 e. The highest BCUT2D eigenvalue weighted by molar-refractivity contribution is 5.68. The van der Waals surface area contributed by atoms with Crippen molar-refractivity contribution >= 4 is 17.2 Å². The Bertz CT molecular complexity index is 1280. The maximum absolute atomic E-state index is 12.1. The lowest BCUT2D eigenvalue weighted by molar-refractivity contribution is 0.175. The summed E-state index contributed by atoms with van der Waals surface area (Å²) in [5, 5.41) is 7.88. The summed E-state index contributed by atoms with van der Waals surface area (Å²) in [7, 11) is 0. The fourth-order valence-corrected chi connectivity index (χ4v) is 4.24. The molecule has 4 heterocycles. The lowest BCUT2D eigenvalue weighted by atomic mass is 9.78. The van der Waals surface area contributed by atoms with Gasteiger partial charge in [0.05, 0.1) is 12.7 Å². The number of imidazole rings is 1. The molecule has 2 atom stereocenters. The van der Waals surface area contributed by atoms with Crippen LogP contribution in [0.4, 0.5) is 0 Å². The number of hydrogen-bond acceptors (Lipinski definition) is 6. The van der Waals surface area contributed by atoms with Gasteiger partial charge >= 0.3 is 5.63 Å². The number of aryl methyl sites for hydroxylation is 1. The summed E-state index contributed by atoms with van der Waals surface area (Å²) in [6.45, 7) is 6.66. The zero-order chi connectivity index (χ0) is 20.1. The Morgan fingerprint density at radius 1 is 1.45 bits per heavy atom. The predicted octanol–water partition coefficient (Wildman–Crippen LogP) is 2.70. The van der Waals surface area contributed by atoms with Gasteiger partial charge in [-0.3, -0.25) is 5.41 Å². The first-order chi connectivity index (χ1) is 14.0. The van der Waals surface area contributed by atoms with Crippen LogP contribution in [-0.2, 0) is 6.54 Å². The minimum Gasteiger partial charge on any atom is -0.485 e. The van der Waals surface area contributed by atoms with Crippen LogP contribution in [0.25, 0.3) is 17.2 Å². The lowest BCUT2D eigenvalue weighted by Crippen LogP contribution is -2.32. The first kappa shape index (κ1) is 17.7. The molecule has 2 N–H and O–H groups in total. The fourth-order valence-electron chi connectivity index (χ4n) is 4.24. The minimum atomic E-state index is -0.345. The monoisotopic (exact) mass is 391 g/mol. The second-order valence-electron chi connectivity index (χ2n) is 7.70. The molecule has 8 nitrogen and oxygen atoms in total. The van der Waals surface area contributed by atoms with Crippen LogP contribution in [0.1, 0.15) is 30.6 Å². The molecule has 1 saturated carbocycles. The number of ether oxygens (including phenoxy) is 1. The van der Waals surface area contributed by atoms with Crippen molar-refractivity contribution in [3.8, 4) is 5.75 Å². The maximum Gasteiger partial charge on any atom is 0.346 e. The van der Waals surface area contributed by atoms with Crippen molar-refractivity contribution in [1.29, 1.82) is 5.41 Å². The van der Waals surface area contributed by atoms with Gasteiger partial charge in [-0.15, -0.1) is 0 Å². The van der Waals surface area contributed by atoms with Crippen molar-refractivity contribution < 1.29 is 9.15 Å². The molecule has 3 aromatic rings. The van der Waals surface area contributed by atoms with E-state index in [0.29, 0.717) is 34.8 Å². The van der Waals surface area contributed by atoms with Gasteiger partial charge in [-0.05, 0) is 43.8 Å². The topological polar surface area (TPSA) is 110 Å². The van der Waals surface area contributed by atoms with Crippen LogP contribution in [0, 0.1) is 18.3 Å². The number of H-pyrrole nitrogens is 1. The Kier molecular flexibility index (Phi) is 4.01. The van der Waals surface area contributed by atoms with Crippen LogP contribution >= 0.6 is 0 Å². The minimum absolute atomic E-state index is 0.0525. The molecule has 0 unspecified atom stereocenters. The predicted molar refractivity (Wildman–Crippen MR) is 106 cm³/mol. The average molecular weight is 391 g/mol. The number of fused-ring (bicyclic) bond motifs is 3. The van der Waals surface area contributed by atoms with Gasteiger partial charge in [-0.2, -0.15) is 0 Å². The molecule has 1 aliphatic heterocycles. The Morgan fingerprint density at radius 3 is 3.17 bits per heavy atom. The Labute approximate surface area is 166 Å². The van der Waals surface area contributed by atoms with E-state index in [9.17, 15) is 4.79 Å². The summed E-state index contributed by atoms with van der Waals surface area (Å²) in [4.78, 5) is 23.5. The second-order valence-corrected chi connectivity index (χ2v) is 7.70. The van der Waals surface area contributed by atoms with Gasteiger partial charge in [0.2, 0.25) is 0 Å². The summed E-state index contributed by atoms with van der Waals surface area (Å²) in [5.74, 6) is 1.44. The van der Waals surface area contributed by atoms with E-state index in [4.69, 9.17) is 14.6 Å².